The number of aliphatic hydroxyl groups is 1. The smallest absolute Gasteiger partial charge is 0.239 e. The Bertz CT molecular complexity index is 424. The first-order valence-electron chi connectivity index (χ1n) is 7.01. The molecule has 5 nitrogen and oxygen atoms in total. The van der Waals surface area contributed by atoms with Crippen molar-refractivity contribution in [1.29, 1.82) is 0 Å². The van der Waals surface area contributed by atoms with Crippen LogP contribution in [0.15, 0.2) is 30.3 Å². The minimum absolute atomic E-state index is 0. The minimum atomic E-state index is -0.568. The summed E-state index contributed by atoms with van der Waals surface area (Å²) in [4.78, 5) is 12.0. The summed E-state index contributed by atoms with van der Waals surface area (Å²) in [5.41, 5.74) is 0.868. The van der Waals surface area contributed by atoms with Crippen molar-refractivity contribution in [3.05, 3.63) is 35.9 Å². The molecule has 1 aromatic carbocycles. The van der Waals surface area contributed by atoms with Crippen LogP contribution in [0.3, 0.4) is 0 Å². The maximum absolute atomic E-state index is 12.0. The van der Waals surface area contributed by atoms with Crippen molar-refractivity contribution in [3.63, 3.8) is 0 Å². The number of nitrogens with one attached hydrogen (secondary N) is 2. The van der Waals surface area contributed by atoms with Crippen molar-refractivity contribution in [1.82, 2.24) is 10.6 Å². The Labute approximate surface area is 131 Å². The first-order valence-corrected chi connectivity index (χ1v) is 7.01. The van der Waals surface area contributed by atoms with Crippen LogP contribution < -0.4 is 10.6 Å². The van der Waals surface area contributed by atoms with E-state index in [0.29, 0.717) is 26.2 Å². The highest BCUT2D eigenvalue weighted by molar-refractivity contribution is 5.85. The van der Waals surface area contributed by atoms with E-state index in [1.807, 2.05) is 37.3 Å². The Hall–Kier alpha value is -1.14. The molecule has 6 heteroatoms. The molecule has 1 saturated heterocycles. The molecule has 0 aliphatic carbocycles. The standard InChI is InChI=1S/C15H22N2O3.ClH/c1-11(9-14(18)12-5-3-2-4-6-12)17-15(19)13-10-20-8-7-16-13;/h2-6,11,13-14,16,18H,7-10H2,1H3,(H,17,19);1H. The zero-order chi connectivity index (χ0) is 14.4. The van der Waals surface area contributed by atoms with Gasteiger partial charge in [0.1, 0.15) is 6.04 Å². The molecule has 3 unspecified atom stereocenters. The largest absolute Gasteiger partial charge is 0.388 e. The van der Waals surface area contributed by atoms with Crippen LogP contribution in [0.1, 0.15) is 25.0 Å². The van der Waals surface area contributed by atoms with Gasteiger partial charge in [0.25, 0.3) is 0 Å². The van der Waals surface area contributed by atoms with Crippen molar-refractivity contribution >= 4 is 18.3 Å². The second kappa shape index (κ2) is 9.00. The molecule has 1 aromatic rings. The summed E-state index contributed by atoms with van der Waals surface area (Å²) in [6, 6.07) is 9.08. The van der Waals surface area contributed by atoms with Gasteiger partial charge in [-0.1, -0.05) is 30.3 Å². The summed E-state index contributed by atoms with van der Waals surface area (Å²) in [5, 5.41) is 16.1. The number of carbonyl (C=O) groups excluding carboxylic acids is 1. The van der Waals surface area contributed by atoms with Gasteiger partial charge in [-0.05, 0) is 18.9 Å². The van der Waals surface area contributed by atoms with Gasteiger partial charge in [0.2, 0.25) is 5.91 Å². The number of ether oxygens (including phenoxy) is 1. The lowest BCUT2D eigenvalue weighted by Gasteiger charge is -2.25. The van der Waals surface area contributed by atoms with Crippen LogP contribution in [0.2, 0.25) is 0 Å². The number of aliphatic hydroxyl groups excluding tert-OH is 1. The summed E-state index contributed by atoms with van der Waals surface area (Å²) >= 11 is 0. The highest BCUT2D eigenvalue weighted by Gasteiger charge is 2.23. The molecule has 1 aliphatic heterocycles. The number of benzene rings is 1. The number of morpholine rings is 1. The molecule has 1 aliphatic rings. The summed E-state index contributed by atoms with van der Waals surface area (Å²) in [7, 11) is 0. The predicted octanol–water partition coefficient (Wildman–Crippen LogP) is 1.02. The van der Waals surface area contributed by atoms with E-state index in [1.165, 1.54) is 0 Å². The lowest BCUT2D eigenvalue weighted by atomic mass is 10.0. The zero-order valence-corrected chi connectivity index (χ0v) is 12.9. The van der Waals surface area contributed by atoms with Crippen LogP contribution in [0.25, 0.3) is 0 Å². The van der Waals surface area contributed by atoms with Crippen LogP contribution in [0.5, 0.6) is 0 Å². The molecular formula is C15H23ClN2O3. The van der Waals surface area contributed by atoms with Crippen LogP contribution >= 0.6 is 12.4 Å². The van der Waals surface area contributed by atoms with E-state index in [9.17, 15) is 9.90 Å². The van der Waals surface area contributed by atoms with Gasteiger partial charge in [0.05, 0.1) is 19.3 Å². The Balaban J connectivity index is 0.00000220. The second-order valence-electron chi connectivity index (χ2n) is 5.15. The first-order chi connectivity index (χ1) is 9.66. The third kappa shape index (κ3) is 5.63. The monoisotopic (exact) mass is 314 g/mol. The number of hydrogen-bond acceptors (Lipinski definition) is 4. The van der Waals surface area contributed by atoms with Crippen molar-refractivity contribution in [3.8, 4) is 0 Å². The molecule has 0 spiro atoms. The SMILES string of the molecule is CC(CC(O)c1ccccc1)NC(=O)C1COCCN1.Cl. The third-order valence-corrected chi connectivity index (χ3v) is 3.39. The average molecular weight is 315 g/mol. The quantitative estimate of drug-likeness (QED) is 0.759. The zero-order valence-electron chi connectivity index (χ0n) is 12.1. The molecule has 0 aromatic heterocycles. The summed E-state index contributed by atoms with van der Waals surface area (Å²) in [6.07, 6.45) is -0.0781. The van der Waals surface area contributed by atoms with E-state index in [2.05, 4.69) is 10.6 Å². The molecule has 2 rings (SSSR count). The summed E-state index contributed by atoms with van der Waals surface area (Å²) in [5.74, 6) is -0.0718. The molecule has 1 amide bonds. The number of amides is 1. The van der Waals surface area contributed by atoms with Gasteiger partial charge in [-0.2, -0.15) is 0 Å². The highest BCUT2D eigenvalue weighted by atomic mass is 35.5. The van der Waals surface area contributed by atoms with E-state index in [-0.39, 0.29) is 30.4 Å². The molecule has 21 heavy (non-hydrogen) atoms. The molecular weight excluding hydrogens is 292 g/mol. The van der Waals surface area contributed by atoms with Gasteiger partial charge in [-0.25, -0.2) is 0 Å². The van der Waals surface area contributed by atoms with E-state index in [0.717, 1.165) is 5.56 Å². The fourth-order valence-corrected chi connectivity index (χ4v) is 2.28. The van der Waals surface area contributed by atoms with Crippen molar-refractivity contribution in [2.24, 2.45) is 0 Å². The molecule has 1 fully saturated rings. The molecule has 0 bridgehead atoms. The Morgan fingerprint density at radius 3 is 2.81 bits per heavy atom. The highest BCUT2D eigenvalue weighted by Crippen LogP contribution is 2.17. The normalized spacial score (nSPS) is 21.0. The second-order valence-corrected chi connectivity index (χ2v) is 5.15. The number of hydrogen-bond donors (Lipinski definition) is 3. The number of rotatable bonds is 5. The van der Waals surface area contributed by atoms with Crippen LogP contribution in [-0.4, -0.2) is 42.9 Å². The molecule has 3 atom stereocenters. The summed E-state index contributed by atoms with van der Waals surface area (Å²) < 4.78 is 5.26. The Morgan fingerprint density at radius 2 is 2.19 bits per heavy atom. The van der Waals surface area contributed by atoms with Crippen LogP contribution in [-0.2, 0) is 9.53 Å². The summed E-state index contributed by atoms with van der Waals surface area (Å²) in [6.45, 7) is 3.64. The van der Waals surface area contributed by atoms with Crippen molar-refractivity contribution in [2.45, 2.75) is 31.5 Å². The molecule has 0 saturated carbocycles. The van der Waals surface area contributed by atoms with Gasteiger partial charge in [-0.15, -0.1) is 12.4 Å². The molecule has 1 heterocycles. The van der Waals surface area contributed by atoms with E-state index in [1.54, 1.807) is 0 Å². The van der Waals surface area contributed by atoms with Crippen molar-refractivity contribution < 1.29 is 14.6 Å². The average Bonchev–Trinajstić information content (AvgIpc) is 2.49. The topological polar surface area (TPSA) is 70.6 Å². The lowest BCUT2D eigenvalue weighted by molar-refractivity contribution is -0.126. The maximum Gasteiger partial charge on any atom is 0.239 e. The molecule has 3 N–H and O–H groups in total. The predicted molar refractivity (Wildman–Crippen MR) is 83.5 cm³/mol. The molecule has 0 radical (unpaired) electrons. The van der Waals surface area contributed by atoms with Gasteiger partial charge in [-0.3, -0.25) is 4.79 Å². The van der Waals surface area contributed by atoms with Crippen LogP contribution in [0, 0.1) is 0 Å². The van der Waals surface area contributed by atoms with E-state index >= 15 is 0 Å². The first kappa shape index (κ1) is 17.9. The van der Waals surface area contributed by atoms with Gasteiger partial charge in [0, 0.05) is 12.6 Å². The number of halogens is 1. The maximum atomic E-state index is 12.0. The Morgan fingerprint density at radius 1 is 1.48 bits per heavy atom. The fraction of sp³-hybridized carbons (Fsp3) is 0.533. The van der Waals surface area contributed by atoms with Gasteiger partial charge in [0.15, 0.2) is 0 Å². The number of carbonyl (C=O) groups is 1. The van der Waals surface area contributed by atoms with Gasteiger partial charge >= 0.3 is 0 Å². The van der Waals surface area contributed by atoms with Crippen LogP contribution in [0.4, 0.5) is 0 Å². The lowest BCUT2D eigenvalue weighted by Crippen LogP contribution is -2.53. The molecule has 118 valence electrons. The van der Waals surface area contributed by atoms with E-state index < -0.39 is 6.10 Å². The van der Waals surface area contributed by atoms with E-state index in [4.69, 9.17) is 4.74 Å². The van der Waals surface area contributed by atoms with Gasteiger partial charge < -0.3 is 20.5 Å². The Kier molecular flexibility index (Phi) is 7.67. The van der Waals surface area contributed by atoms with Crippen molar-refractivity contribution in [2.75, 3.05) is 19.8 Å². The fourth-order valence-electron chi connectivity index (χ4n) is 2.28. The third-order valence-electron chi connectivity index (χ3n) is 3.39. The minimum Gasteiger partial charge on any atom is -0.388 e.